The standard InChI is InChI=1S/C16H23N7O/c1-12(24)17-9-14-6-15-11-22(4-5-23(15)20-14)10-13-7-18-16(19-8-13)21(2)3/h6-8H,4-5,9-11H2,1-3H3,(H,17,24). The van der Waals surface area contributed by atoms with Gasteiger partial charge in [-0.05, 0) is 6.07 Å². The van der Waals surface area contributed by atoms with E-state index in [9.17, 15) is 4.79 Å². The molecule has 0 spiro atoms. The highest BCUT2D eigenvalue weighted by Crippen LogP contribution is 2.16. The van der Waals surface area contributed by atoms with Crippen LogP contribution in [0.5, 0.6) is 0 Å². The van der Waals surface area contributed by atoms with E-state index in [2.05, 4.69) is 31.3 Å². The van der Waals surface area contributed by atoms with Crippen LogP contribution in [0.25, 0.3) is 0 Å². The predicted octanol–water partition coefficient (Wildman–Crippen LogP) is 0.391. The van der Waals surface area contributed by atoms with Gasteiger partial charge in [-0.15, -0.1) is 0 Å². The molecule has 0 bridgehead atoms. The van der Waals surface area contributed by atoms with Crippen molar-refractivity contribution in [1.29, 1.82) is 0 Å². The summed E-state index contributed by atoms with van der Waals surface area (Å²) in [7, 11) is 3.86. The van der Waals surface area contributed by atoms with E-state index < -0.39 is 0 Å². The van der Waals surface area contributed by atoms with Gasteiger partial charge in [0.1, 0.15) is 0 Å². The lowest BCUT2D eigenvalue weighted by molar-refractivity contribution is -0.119. The quantitative estimate of drug-likeness (QED) is 0.855. The third kappa shape index (κ3) is 3.88. The minimum Gasteiger partial charge on any atom is -0.351 e. The van der Waals surface area contributed by atoms with Gasteiger partial charge in [0.2, 0.25) is 11.9 Å². The van der Waals surface area contributed by atoms with Crippen LogP contribution in [-0.2, 0) is 31.0 Å². The molecule has 0 atom stereocenters. The summed E-state index contributed by atoms with van der Waals surface area (Å²) in [5.74, 6) is 0.682. The van der Waals surface area contributed by atoms with Gasteiger partial charge in [0.05, 0.1) is 24.5 Å². The van der Waals surface area contributed by atoms with E-state index in [4.69, 9.17) is 0 Å². The fraction of sp³-hybridized carbons (Fsp3) is 0.500. The Morgan fingerprint density at radius 2 is 2.04 bits per heavy atom. The average Bonchev–Trinajstić information content (AvgIpc) is 2.95. The smallest absolute Gasteiger partial charge is 0.224 e. The molecule has 1 aliphatic rings. The van der Waals surface area contributed by atoms with Crippen LogP contribution >= 0.6 is 0 Å². The maximum atomic E-state index is 11.0. The lowest BCUT2D eigenvalue weighted by Crippen LogP contribution is -2.33. The third-order valence-electron chi connectivity index (χ3n) is 3.94. The Morgan fingerprint density at radius 1 is 1.29 bits per heavy atom. The fourth-order valence-corrected chi connectivity index (χ4v) is 2.74. The molecule has 8 nitrogen and oxygen atoms in total. The number of carbonyl (C=O) groups excluding carboxylic acids is 1. The molecule has 2 aromatic rings. The van der Waals surface area contributed by atoms with Crippen molar-refractivity contribution >= 4 is 11.9 Å². The van der Waals surface area contributed by atoms with Crippen molar-refractivity contribution in [2.45, 2.75) is 33.1 Å². The van der Waals surface area contributed by atoms with Crippen LogP contribution < -0.4 is 10.2 Å². The highest BCUT2D eigenvalue weighted by atomic mass is 16.1. The second kappa shape index (κ2) is 6.96. The number of hydrogen-bond donors (Lipinski definition) is 1. The first kappa shape index (κ1) is 16.4. The van der Waals surface area contributed by atoms with E-state index in [0.717, 1.165) is 43.4 Å². The topological polar surface area (TPSA) is 79.2 Å². The summed E-state index contributed by atoms with van der Waals surface area (Å²) in [6.45, 7) is 5.44. The summed E-state index contributed by atoms with van der Waals surface area (Å²) in [5, 5.41) is 7.33. The Hall–Kier alpha value is -2.48. The van der Waals surface area contributed by atoms with Crippen LogP contribution in [0.15, 0.2) is 18.5 Å². The molecule has 0 unspecified atom stereocenters. The largest absolute Gasteiger partial charge is 0.351 e. The van der Waals surface area contributed by atoms with E-state index in [1.165, 1.54) is 12.6 Å². The number of aromatic nitrogens is 4. The highest BCUT2D eigenvalue weighted by molar-refractivity contribution is 5.72. The van der Waals surface area contributed by atoms with Crippen LogP contribution in [0.2, 0.25) is 0 Å². The zero-order chi connectivity index (χ0) is 17.1. The number of carbonyl (C=O) groups is 1. The molecule has 0 fully saturated rings. The van der Waals surface area contributed by atoms with Gasteiger partial charge in [-0.3, -0.25) is 14.4 Å². The van der Waals surface area contributed by atoms with Gasteiger partial charge in [0.15, 0.2) is 0 Å². The van der Waals surface area contributed by atoms with Crippen molar-refractivity contribution in [2.24, 2.45) is 0 Å². The fourth-order valence-electron chi connectivity index (χ4n) is 2.74. The van der Waals surface area contributed by atoms with Crippen LogP contribution in [0, 0.1) is 0 Å². The molecule has 3 rings (SSSR count). The van der Waals surface area contributed by atoms with E-state index in [-0.39, 0.29) is 5.91 Å². The van der Waals surface area contributed by atoms with Gasteiger partial charge in [0, 0.05) is 58.6 Å². The summed E-state index contributed by atoms with van der Waals surface area (Å²) in [5.41, 5.74) is 3.18. The van der Waals surface area contributed by atoms with E-state index >= 15 is 0 Å². The number of amides is 1. The molecule has 0 radical (unpaired) electrons. The third-order valence-corrected chi connectivity index (χ3v) is 3.94. The Morgan fingerprint density at radius 3 is 2.71 bits per heavy atom. The number of anilines is 1. The Balaban J connectivity index is 1.61. The van der Waals surface area contributed by atoms with E-state index in [1.807, 2.05) is 36.1 Å². The first-order valence-electron chi connectivity index (χ1n) is 8.02. The second-order valence-electron chi connectivity index (χ2n) is 6.26. The van der Waals surface area contributed by atoms with Crippen molar-refractivity contribution in [1.82, 2.24) is 30.0 Å². The minimum atomic E-state index is -0.0382. The zero-order valence-electron chi connectivity index (χ0n) is 14.4. The Labute approximate surface area is 141 Å². The van der Waals surface area contributed by atoms with E-state index in [0.29, 0.717) is 6.54 Å². The molecule has 1 N–H and O–H groups in total. The number of fused-ring (bicyclic) bond motifs is 1. The van der Waals surface area contributed by atoms with E-state index in [1.54, 1.807) is 0 Å². The molecule has 0 saturated heterocycles. The van der Waals surface area contributed by atoms with Crippen LogP contribution in [-0.4, -0.2) is 51.2 Å². The first-order valence-corrected chi connectivity index (χ1v) is 8.02. The average molecular weight is 329 g/mol. The van der Waals surface area contributed by atoms with Crippen LogP contribution in [0.3, 0.4) is 0 Å². The van der Waals surface area contributed by atoms with Crippen molar-refractivity contribution in [3.63, 3.8) is 0 Å². The van der Waals surface area contributed by atoms with Crippen molar-refractivity contribution in [2.75, 3.05) is 25.5 Å². The second-order valence-corrected chi connectivity index (χ2v) is 6.26. The number of hydrogen-bond acceptors (Lipinski definition) is 6. The van der Waals surface area contributed by atoms with Gasteiger partial charge in [0.25, 0.3) is 0 Å². The molecule has 0 aromatic carbocycles. The monoisotopic (exact) mass is 329 g/mol. The summed E-state index contributed by atoms with van der Waals surface area (Å²) >= 11 is 0. The maximum absolute atomic E-state index is 11.0. The lowest BCUT2D eigenvalue weighted by Gasteiger charge is -2.27. The van der Waals surface area contributed by atoms with Crippen LogP contribution in [0.4, 0.5) is 5.95 Å². The van der Waals surface area contributed by atoms with Gasteiger partial charge in [-0.1, -0.05) is 0 Å². The summed E-state index contributed by atoms with van der Waals surface area (Å²) in [6.07, 6.45) is 3.77. The molecule has 128 valence electrons. The maximum Gasteiger partial charge on any atom is 0.224 e. The molecule has 3 heterocycles. The predicted molar refractivity (Wildman–Crippen MR) is 90.2 cm³/mol. The number of nitrogens with one attached hydrogen (secondary N) is 1. The number of nitrogens with zero attached hydrogens (tertiary/aromatic N) is 6. The van der Waals surface area contributed by atoms with Gasteiger partial charge < -0.3 is 10.2 Å². The molecule has 0 aliphatic carbocycles. The SMILES string of the molecule is CC(=O)NCc1cc2n(n1)CCN(Cc1cnc(N(C)C)nc1)C2. The molecular weight excluding hydrogens is 306 g/mol. The van der Waals surface area contributed by atoms with Gasteiger partial charge in [-0.2, -0.15) is 5.10 Å². The molecule has 0 saturated carbocycles. The Kier molecular flexibility index (Phi) is 4.75. The van der Waals surface area contributed by atoms with Crippen molar-refractivity contribution in [3.05, 3.63) is 35.4 Å². The first-order chi connectivity index (χ1) is 11.5. The summed E-state index contributed by atoms with van der Waals surface area (Å²) < 4.78 is 2.03. The van der Waals surface area contributed by atoms with Crippen molar-refractivity contribution < 1.29 is 4.79 Å². The normalized spacial score (nSPS) is 14.3. The van der Waals surface area contributed by atoms with Gasteiger partial charge >= 0.3 is 0 Å². The van der Waals surface area contributed by atoms with Gasteiger partial charge in [-0.25, -0.2) is 9.97 Å². The molecule has 1 aliphatic heterocycles. The molecule has 2 aromatic heterocycles. The Bertz CT molecular complexity index is 708. The summed E-state index contributed by atoms with van der Waals surface area (Å²) in [6, 6.07) is 2.06. The van der Waals surface area contributed by atoms with Crippen LogP contribution in [0.1, 0.15) is 23.9 Å². The molecule has 24 heavy (non-hydrogen) atoms. The summed E-state index contributed by atoms with van der Waals surface area (Å²) in [4.78, 5) is 24.0. The molecule has 1 amide bonds. The molecule has 8 heteroatoms. The molecular formula is C16H23N7O. The minimum absolute atomic E-state index is 0.0382. The zero-order valence-corrected chi connectivity index (χ0v) is 14.4. The van der Waals surface area contributed by atoms with Crippen molar-refractivity contribution in [3.8, 4) is 0 Å². The highest BCUT2D eigenvalue weighted by Gasteiger charge is 2.18. The number of rotatable bonds is 5. The lowest BCUT2D eigenvalue weighted by atomic mass is 10.2.